The molecule has 0 aromatic heterocycles. The predicted octanol–water partition coefficient (Wildman–Crippen LogP) is 2.96. The summed E-state index contributed by atoms with van der Waals surface area (Å²) < 4.78 is 16.1. The lowest BCUT2D eigenvalue weighted by molar-refractivity contribution is -0.0639. The fourth-order valence-electron chi connectivity index (χ4n) is 2.37. The van der Waals surface area contributed by atoms with E-state index < -0.39 is 6.10 Å². The maximum absolute atomic E-state index is 10.4. The summed E-state index contributed by atoms with van der Waals surface area (Å²) in [7, 11) is 3.07. The van der Waals surface area contributed by atoms with Gasteiger partial charge in [0, 0.05) is 12.2 Å². The quantitative estimate of drug-likeness (QED) is 0.924. The Morgan fingerprint density at radius 1 is 1.32 bits per heavy atom. The molecule has 0 saturated carbocycles. The van der Waals surface area contributed by atoms with E-state index in [0.29, 0.717) is 28.7 Å². The van der Waals surface area contributed by atoms with E-state index in [-0.39, 0.29) is 6.10 Å². The zero-order chi connectivity index (χ0) is 13.8. The van der Waals surface area contributed by atoms with E-state index in [1.807, 2.05) is 0 Å². The maximum Gasteiger partial charge on any atom is 0.147 e. The number of benzene rings is 1. The van der Waals surface area contributed by atoms with Crippen molar-refractivity contribution in [2.75, 3.05) is 20.8 Å². The van der Waals surface area contributed by atoms with Crippen LogP contribution in [0.2, 0.25) is 5.02 Å². The smallest absolute Gasteiger partial charge is 0.147 e. The molecule has 106 valence electrons. The summed E-state index contributed by atoms with van der Waals surface area (Å²) in [6.45, 7) is 0.688. The van der Waals surface area contributed by atoms with Crippen molar-refractivity contribution in [2.45, 2.75) is 31.5 Å². The lowest BCUT2D eigenvalue weighted by Gasteiger charge is -2.28. The number of methoxy groups -OCH3 is 2. The van der Waals surface area contributed by atoms with Gasteiger partial charge in [-0.1, -0.05) is 11.6 Å². The Morgan fingerprint density at radius 2 is 2.11 bits per heavy atom. The van der Waals surface area contributed by atoms with Gasteiger partial charge in [0.25, 0.3) is 0 Å². The summed E-state index contributed by atoms with van der Waals surface area (Å²) in [6.07, 6.45) is 2.01. The van der Waals surface area contributed by atoms with Crippen LogP contribution in [0.25, 0.3) is 0 Å². The van der Waals surface area contributed by atoms with Gasteiger partial charge in [-0.3, -0.25) is 0 Å². The first kappa shape index (κ1) is 14.4. The van der Waals surface area contributed by atoms with E-state index in [9.17, 15) is 5.11 Å². The summed E-state index contributed by atoms with van der Waals surface area (Å²) >= 11 is 6.20. The fourth-order valence-corrected chi connectivity index (χ4v) is 2.69. The van der Waals surface area contributed by atoms with Gasteiger partial charge in [-0.2, -0.15) is 0 Å². The highest BCUT2D eigenvalue weighted by Crippen LogP contribution is 2.41. The van der Waals surface area contributed by atoms with Gasteiger partial charge in [0.2, 0.25) is 0 Å². The number of aliphatic hydroxyl groups excluding tert-OH is 1. The fraction of sp³-hybridized carbons (Fsp3) is 0.571. The van der Waals surface area contributed by atoms with Gasteiger partial charge in [-0.25, -0.2) is 0 Å². The molecule has 0 spiro atoms. The van der Waals surface area contributed by atoms with Crippen molar-refractivity contribution in [3.8, 4) is 11.5 Å². The normalized spacial score (nSPS) is 20.9. The average molecular weight is 287 g/mol. The number of halogens is 1. The third-order valence-electron chi connectivity index (χ3n) is 3.40. The minimum Gasteiger partial charge on any atom is -0.495 e. The SMILES string of the molecule is COc1ccc(C(O)C2CCCCO2)c(OC)c1Cl. The number of rotatable bonds is 4. The van der Waals surface area contributed by atoms with Gasteiger partial charge in [0.05, 0.1) is 20.3 Å². The zero-order valence-corrected chi connectivity index (χ0v) is 11.9. The zero-order valence-electron chi connectivity index (χ0n) is 11.2. The van der Waals surface area contributed by atoms with Crippen LogP contribution in [0.3, 0.4) is 0 Å². The Balaban J connectivity index is 2.30. The highest BCUT2D eigenvalue weighted by Gasteiger charge is 2.28. The van der Waals surface area contributed by atoms with E-state index in [0.717, 1.165) is 19.3 Å². The lowest BCUT2D eigenvalue weighted by Crippen LogP contribution is -2.26. The van der Waals surface area contributed by atoms with Gasteiger partial charge in [0.1, 0.15) is 22.6 Å². The first-order chi connectivity index (χ1) is 9.19. The minimum atomic E-state index is -0.737. The second-order valence-corrected chi connectivity index (χ2v) is 4.93. The molecule has 1 aliphatic heterocycles. The van der Waals surface area contributed by atoms with Crippen LogP contribution in [0.4, 0.5) is 0 Å². The second-order valence-electron chi connectivity index (χ2n) is 4.55. The van der Waals surface area contributed by atoms with Crippen LogP contribution in [0.15, 0.2) is 12.1 Å². The lowest BCUT2D eigenvalue weighted by atomic mass is 9.97. The van der Waals surface area contributed by atoms with E-state index in [1.165, 1.54) is 7.11 Å². The van der Waals surface area contributed by atoms with Crippen LogP contribution in [0, 0.1) is 0 Å². The predicted molar refractivity (Wildman–Crippen MR) is 73.1 cm³/mol. The van der Waals surface area contributed by atoms with Gasteiger partial charge >= 0.3 is 0 Å². The molecule has 0 bridgehead atoms. The molecule has 2 unspecified atom stereocenters. The molecule has 4 nitrogen and oxygen atoms in total. The Morgan fingerprint density at radius 3 is 2.68 bits per heavy atom. The molecule has 1 N–H and O–H groups in total. The Kier molecular flexibility index (Phi) is 4.91. The molecule has 1 heterocycles. The molecule has 0 amide bonds. The molecule has 19 heavy (non-hydrogen) atoms. The van der Waals surface area contributed by atoms with Crippen molar-refractivity contribution in [1.29, 1.82) is 0 Å². The summed E-state index contributed by atoms with van der Waals surface area (Å²) in [5.41, 5.74) is 0.639. The first-order valence-electron chi connectivity index (χ1n) is 6.39. The minimum absolute atomic E-state index is 0.202. The van der Waals surface area contributed by atoms with Crippen LogP contribution >= 0.6 is 11.6 Å². The summed E-state index contributed by atoms with van der Waals surface area (Å²) in [5.74, 6) is 0.974. The maximum atomic E-state index is 10.4. The number of aliphatic hydroxyl groups is 1. The van der Waals surface area contributed by atoms with Crippen LogP contribution in [-0.4, -0.2) is 32.0 Å². The van der Waals surface area contributed by atoms with Gasteiger partial charge in [0.15, 0.2) is 0 Å². The summed E-state index contributed by atoms with van der Waals surface area (Å²) in [5, 5.41) is 10.8. The van der Waals surface area contributed by atoms with Crippen molar-refractivity contribution in [1.82, 2.24) is 0 Å². The average Bonchev–Trinajstić information content (AvgIpc) is 2.47. The van der Waals surface area contributed by atoms with Crippen molar-refractivity contribution in [3.63, 3.8) is 0 Å². The second kappa shape index (κ2) is 6.46. The van der Waals surface area contributed by atoms with Gasteiger partial charge in [-0.15, -0.1) is 0 Å². The largest absolute Gasteiger partial charge is 0.495 e. The third kappa shape index (κ3) is 2.96. The van der Waals surface area contributed by atoms with Gasteiger partial charge < -0.3 is 19.3 Å². The topological polar surface area (TPSA) is 47.9 Å². The van der Waals surface area contributed by atoms with Crippen LogP contribution in [0.1, 0.15) is 30.9 Å². The van der Waals surface area contributed by atoms with Crippen molar-refractivity contribution in [3.05, 3.63) is 22.7 Å². The highest BCUT2D eigenvalue weighted by molar-refractivity contribution is 6.33. The molecule has 0 radical (unpaired) electrons. The molecule has 5 heteroatoms. The van der Waals surface area contributed by atoms with Crippen LogP contribution < -0.4 is 9.47 Å². The van der Waals surface area contributed by atoms with E-state index >= 15 is 0 Å². The molecule has 1 aliphatic rings. The molecule has 0 aliphatic carbocycles. The molecule has 2 rings (SSSR count). The Hall–Kier alpha value is -0.970. The number of ether oxygens (including phenoxy) is 3. The van der Waals surface area contributed by atoms with E-state index in [1.54, 1.807) is 19.2 Å². The van der Waals surface area contributed by atoms with Crippen LogP contribution in [-0.2, 0) is 4.74 Å². The number of hydrogen-bond donors (Lipinski definition) is 1. The Labute approximate surface area is 118 Å². The highest BCUT2D eigenvalue weighted by atomic mass is 35.5. The van der Waals surface area contributed by atoms with E-state index in [4.69, 9.17) is 25.8 Å². The molecule has 1 aromatic carbocycles. The standard InChI is InChI=1S/C14H19ClO4/c1-17-10-7-6-9(14(18-2)12(10)15)13(16)11-5-3-4-8-19-11/h6-7,11,13,16H,3-5,8H2,1-2H3. The van der Waals surface area contributed by atoms with E-state index in [2.05, 4.69) is 0 Å². The first-order valence-corrected chi connectivity index (χ1v) is 6.77. The molecule has 1 fully saturated rings. The van der Waals surface area contributed by atoms with Crippen molar-refractivity contribution >= 4 is 11.6 Å². The molecular weight excluding hydrogens is 268 g/mol. The molecule has 1 saturated heterocycles. The Bertz CT molecular complexity index is 430. The van der Waals surface area contributed by atoms with Crippen LogP contribution in [0.5, 0.6) is 11.5 Å². The molecule has 1 aromatic rings. The van der Waals surface area contributed by atoms with Crippen molar-refractivity contribution in [2.24, 2.45) is 0 Å². The van der Waals surface area contributed by atoms with Crippen molar-refractivity contribution < 1.29 is 19.3 Å². The molecular formula is C14H19ClO4. The van der Waals surface area contributed by atoms with Gasteiger partial charge in [-0.05, 0) is 31.4 Å². The number of hydrogen-bond acceptors (Lipinski definition) is 4. The summed E-state index contributed by atoms with van der Waals surface area (Å²) in [6, 6.07) is 3.50. The molecule has 2 atom stereocenters. The monoisotopic (exact) mass is 286 g/mol. The summed E-state index contributed by atoms with van der Waals surface area (Å²) in [4.78, 5) is 0. The third-order valence-corrected chi connectivity index (χ3v) is 3.76.